The molecule has 1 aromatic rings. The molecule has 2 rings (SSSR count). The van der Waals surface area contributed by atoms with Crippen molar-refractivity contribution in [1.82, 2.24) is 0 Å². The highest BCUT2D eigenvalue weighted by Gasteiger charge is 2.35. The van der Waals surface area contributed by atoms with E-state index < -0.39 is 5.92 Å². The number of nitrogens with zero attached hydrogens (tertiary/aromatic N) is 2. The fourth-order valence-corrected chi connectivity index (χ4v) is 2.74. The largest absolute Gasteiger partial charge is 0.270 e. The number of alkyl halides is 2. The van der Waals surface area contributed by atoms with Crippen molar-refractivity contribution in [2.75, 3.05) is 7.05 Å². The van der Waals surface area contributed by atoms with Crippen molar-refractivity contribution in [3.63, 3.8) is 0 Å². The summed E-state index contributed by atoms with van der Waals surface area (Å²) in [6.45, 7) is 3.54. The summed E-state index contributed by atoms with van der Waals surface area (Å²) in [5.74, 6) is -2.22. The molecule has 1 aliphatic carbocycles. The lowest BCUT2D eigenvalue weighted by Crippen LogP contribution is -2.28. The number of amidine groups is 1. The van der Waals surface area contributed by atoms with Crippen molar-refractivity contribution in [1.29, 1.82) is 0 Å². The van der Waals surface area contributed by atoms with Crippen LogP contribution < -0.4 is 0 Å². The number of hydrogen-bond acceptors (Lipinski definition) is 1. The second kappa shape index (κ2) is 6.63. The second-order valence-corrected chi connectivity index (χ2v) is 5.89. The first-order valence-electron chi connectivity index (χ1n) is 7.49. The first-order valence-corrected chi connectivity index (χ1v) is 7.49. The van der Waals surface area contributed by atoms with Gasteiger partial charge in [0.2, 0.25) is 5.92 Å². The Morgan fingerprint density at radius 3 is 2.41 bits per heavy atom. The molecular formula is C17H21F3N2. The van der Waals surface area contributed by atoms with E-state index in [0.717, 1.165) is 11.3 Å². The van der Waals surface area contributed by atoms with Gasteiger partial charge < -0.3 is 0 Å². The smallest absolute Gasteiger partial charge is 0.248 e. The molecule has 1 saturated carbocycles. The van der Waals surface area contributed by atoms with Crippen LogP contribution in [0, 0.1) is 18.7 Å². The van der Waals surface area contributed by atoms with E-state index in [-0.39, 0.29) is 24.6 Å². The summed E-state index contributed by atoms with van der Waals surface area (Å²) in [6, 6.07) is 4.72. The topological polar surface area (TPSA) is 24.7 Å². The molecule has 1 aromatic carbocycles. The SMILES string of the molecule is CN=C(N=C(C)C1CCC(F)(F)CC1)c1ccc(F)c(C)c1. The maximum absolute atomic E-state index is 13.3. The molecule has 120 valence electrons. The minimum absolute atomic E-state index is 0.0675. The molecule has 1 aliphatic rings. The van der Waals surface area contributed by atoms with Crippen LogP contribution in [-0.2, 0) is 0 Å². The van der Waals surface area contributed by atoms with Crippen molar-refractivity contribution in [2.24, 2.45) is 15.9 Å². The molecule has 0 aromatic heterocycles. The standard InChI is InChI=1S/C17H21F3N2/c1-11-10-14(4-5-15(11)18)16(21-3)22-12(2)13-6-8-17(19,20)9-7-13/h4-5,10,13H,6-9H2,1-3H3. The predicted molar refractivity (Wildman–Crippen MR) is 83.6 cm³/mol. The van der Waals surface area contributed by atoms with E-state index in [1.165, 1.54) is 6.07 Å². The zero-order valence-corrected chi connectivity index (χ0v) is 13.2. The Morgan fingerprint density at radius 2 is 1.86 bits per heavy atom. The maximum atomic E-state index is 13.3. The first kappa shape index (κ1) is 16.7. The molecule has 5 heteroatoms. The highest BCUT2D eigenvalue weighted by molar-refractivity contribution is 6.07. The Balaban J connectivity index is 2.16. The number of benzene rings is 1. The summed E-state index contributed by atoms with van der Waals surface area (Å²) in [5.41, 5.74) is 2.09. The normalized spacial score (nSPS) is 20.3. The van der Waals surface area contributed by atoms with Gasteiger partial charge in [-0.1, -0.05) is 0 Å². The van der Waals surface area contributed by atoms with Gasteiger partial charge in [-0.2, -0.15) is 0 Å². The Morgan fingerprint density at radius 1 is 1.23 bits per heavy atom. The van der Waals surface area contributed by atoms with Crippen molar-refractivity contribution in [2.45, 2.75) is 45.5 Å². The fraction of sp³-hybridized carbons (Fsp3) is 0.529. The van der Waals surface area contributed by atoms with Crippen LogP contribution in [0.1, 0.15) is 43.7 Å². The number of aryl methyl sites for hydroxylation is 1. The lowest BCUT2D eigenvalue weighted by Gasteiger charge is -2.28. The molecule has 0 N–H and O–H groups in total. The lowest BCUT2D eigenvalue weighted by molar-refractivity contribution is -0.0394. The molecule has 1 fully saturated rings. The third-order valence-corrected chi connectivity index (χ3v) is 4.22. The van der Waals surface area contributed by atoms with Crippen LogP contribution in [0.3, 0.4) is 0 Å². The van der Waals surface area contributed by atoms with Gasteiger partial charge in [0.25, 0.3) is 0 Å². The minimum atomic E-state index is -2.54. The zero-order chi connectivity index (χ0) is 16.3. The molecule has 0 aliphatic heterocycles. The van der Waals surface area contributed by atoms with Gasteiger partial charge in [0.1, 0.15) is 5.82 Å². The summed E-state index contributed by atoms with van der Waals surface area (Å²) in [4.78, 5) is 8.66. The average molecular weight is 310 g/mol. The molecule has 0 amide bonds. The van der Waals surface area contributed by atoms with Gasteiger partial charge in [0, 0.05) is 31.2 Å². The van der Waals surface area contributed by atoms with Gasteiger partial charge in [-0.05, 0) is 56.4 Å². The number of aliphatic imine (C=N–C) groups is 2. The molecule has 0 atom stereocenters. The third kappa shape index (κ3) is 3.96. The summed E-state index contributed by atoms with van der Waals surface area (Å²) >= 11 is 0. The molecule has 0 bridgehead atoms. The van der Waals surface area contributed by atoms with E-state index in [1.54, 1.807) is 26.1 Å². The predicted octanol–water partition coefficient (Wildman–Crippen LogP) is 4.80. The highest BCUT2D eigenvalue weighted by Crippen LogP contribution is 2.36. The van der Waals surface area contributed by atoms with Crippen molar-refractivity contribution in [3.8, 4) is 0 Å². The molecule has 0 heterocycles. The van der Waals surface area contributed by atoms with Gasteiger partial charge in [0.15, 0.2) is 5.84 Å². The lowest BCUT2D eigenvalue weighted by atomic mass is 9.84. The van der Waals surface area contributed by atoms with E-state index in [0.29, 0.717) is 24.2 Å². The van der Waals surface area contributed by atoms with E-state index in [1.807, 2.05) is 6.92 Å². The molecule has 0 spiro atoms. The van der Waals surface area contributed by atoms with Crippen LogP contribution in [0.5, 0.6) is 0 Å². The van der Waals surface area contributed by atoms with Crippen molar-refractivity contribution < 1.29 is 13.2 Å². The van der Waals surface area contributed by atoms with Crippen LogP contribution in [0.4, 0.5) is 13.2 Å². The van der Waals surface area contributed by atoms with E-state index in [4.69, 9.17) is 0 Å². The summed E-state index contributed by atoms with van der Waals surface area (Å²) in [6.07, 6.45) is 0.723. The minimum Gasteiger partial charge on any atom is -0.270 e. The zero-order valence-electron chi connectivity index (χ0n) is 13.2. The molecule has 22 heavy (non-hydrogen) atoms. The van der Waals surface area contributed by atoms with Gasteiger partial charge in [0.05, 0.1) is 0 Å². The van der Waals surface area contributed by atoms with Crippen molar-refractivity contribution >= 4 is 11.5 Å². The summed E-state index contributed by atoms with van der Waals surface area (Å²) in [5, 5.41) is 0. The van der Waals surface area contributed by atoms with Crippen molar-refractivity contribution in [3.05, 3.63) is 35.1 Å². The van der Waals surface area contributed by atoms with Crippen LogP contribution >= 0.6 is 0 Å². The van der Waals surface area contributed by atoms with E-state index in [9.17, 15) is 13.2 Å². The molecule has 0 unspecified atom stereocenters. The molecule has 0 saturated heterocycles. The monoisotopic (exact) mass is 310 g/mol. The van der Waals surface area contributed by atoms with Gasteiger partial charge in [-0.15, -0.1) is 0 Å². The fourth-order valence-electron chi connectivity index (χ4n) is 2.74. The van der Waals surface area contributed by atoms with E-state index >= 15 is 0 Å². The van der Waals surface area contributed by atoms with Gasteiger partial charge in [-0.25, -0.2) is 18.2 Å². The quantitative estimate of drug-likeness (QED) is 0.554. The third-order valence-electron chi connectivity index (χ3n) is 4.22. The first-order chi connectivity index (χ1) is 10.3. The highest BCUT2D eigenvalue weighted by atomic mass is 19.3. The summed E-state index contributed by atoms with van der Waals surface area (Å²) in [7, 11) is 1.62. The number of halogens is 3. The van der Waals surface area contributed by atoms with Crippen LogP contribution in [0.2, 0.25) is 0 Å². The second-order valence-electron chi connectivity index (χ2n) is 5.89. The van der Waals surface area contributed by atoms with E-state index in [2.05, 4.69) is 9.98 Å². The summed E-state index contributed by atoms with van der Waals surface area (Å²) < 4.78 is 39.8. The Labute approximate surface area is 129 Å². The van der Waals surface area contributed by atoms with Crippen LogP contribution in [0.15, 0.2) is 28.2 Å². The average Bonchev–Trinajstić information content (AvgIpc) is 2.47. The number of rotatable bonds is 2. The Kier molecular flexibility index (Phi) is 5.04. The van der Waals surface area contributed by atoms with Gasteiger partial charge >= 0.3 is 0 Å². The van der Waals surface area contributed by atoms with Crippen LogP contribution in [-0.4, -0.2) is 24.5 Å². The number of hydrogen-bond donors (Lipinski definition) is 0. The molecular weight excluding hydrogens is 289 g/mol. The van der Waals surface area contributed by atoms with Crippen LogP contribution in [0.25, 0.3) is 0 Å². The Hall–Kier alpha value is -1.65. The van der Waals surface area contributed by atoms with Gasteiger partial charge in [-0.3, -0.25) is 4.99 Å². The Bertz CT molecular complexity index is 596. The molecule has 0 radical (unpaired) electrons. The maximum Gasteiger partial charge on any atom is 0.248 e. The molecule has 2 nitrogen and oxygen atoms in total.